The Morgan fingerprint density at radius 3 is 2.57 bits per heavy atom. The minimum absolute atomic E-state index is 0.0256. The Morgan fingerprint density at radius 1 is 1.14 bits per heavy atom. The highest BCUT2D eigenvalue weighted by molar-refractivity contribution is 5.95. The van der Waals surface area contributed by atoms with Gasteiger partial charge in [0.05, 0.1) is 12.2 Å². The van der Waals surface area contributed by atoms with Gasteiger partial charge in [0.25, 0.3) is 5.91 Å². The monoisotopic (exact) mass is 281 g/mol. The fraction of sp³-hybridized carbons (Fsp3) is 0.188. The summed E-state index contributed by atoms with van der Waals surface area (Å²) in [5.74, 6) is -0.155. The molecule has 106 valence electrons. The van der Waals surface area contributed by atoms with Gasteiger partial charge in [0.1, 0.15) is 0 Å². The van der Waals surface area contributed by atoms with Crippen molar-refractivity contribution in [1.82, 2.24) is 9.88 Å². The van der Waals surface area contributed by atoms with E-state index in [-0.39, 0.29) is 11.8 Å². The summed E-state index contributed by atoms with van der Waals surface area (Å²) in [5.41, 5.74) is 3.35. The Bertz CT molecular complexity index is 670. The summed E-state index contributed by atoms with van der Waals surface area (Å²) in [7, 11) is 0. The molecule has 21 heavy (non-hydrogen) atoms. The Hall–Kier alpha value is -2.69. The molecule has 0 saturated heterocycles. The molecule has 0 spiro atoms. The average molecular weight is 281 g/mol. The van der Waals surface area contributed by atoms with Crippen LogP contribution in [0.1, 0.15) is 28.5 Å². The molecule has 1 aliphatic heterocycles. The van der Waals surface area contributed by atoms with E-state index >= 15 is 0 Å². The lowest BCUT2D eigenvalue weighted by atomic mass is 10.2. The van der Waals surface area contributed by atoms with Gasteiger partial charge < -0.3 is 10.2 Å². The van der Waals surface area contributed by atoms with Crippen LogP contribution in [-0.2, 0) is 17.9 Å². The molecule has 0 unspecified atom stereocenters. The van der Waals surface area contributed by atoms with E-state index in [1.165, 1.54) is 6.92 Å². The molecule has 1 aromatic heterocycles. The third-order valence-electron chi connectivity index (χ3n) is 3.43. The zero-order chi connectivity index (χ0) is 14.8. The zero-order valence-corrected chi connectivity index (χ0v) is 11.7. The van der Waals surface area contributed by atoms with Gasteiger partial charge in [0.2, 0.25) is 5.91 Å². The molecule has 0 saturated carbocycles. The van der Waals surface area contributed by atoms with Crippen molar-refractivity contribution in [2.24, 2.45) is 0 Å². The van der Waals surface area contributed by atoms with Gasteiger partial charge in [-0.25, -0.2) is 0 Å². The van der Waals surface area contributed by atoms with Gasteiger partial charge in [0, 0.05) is 30.9 Å². The fourth-order valence-corrected chi connectivity index (χ4v) is 2.43. The average Bonchev–Trinajstić information content (AvgIpc) is 2.90. The Kier molecular flexibility index (Phi) is 3.39. The predicted octanol–water partition coefficient (Wildman–Crippen LogP) is 2.20. The van der Waals surface area contributed by atoms with Crippen LogP contribution in [0.2, 0.25) is 0 Å². The van der Waals surface area contributed by atoms with Crippen LogP contribution >= 0.6 is 0 Å². The number of hydrogen-bond acceptors (Lipinski definition) is 3. The van der Waals surface area contributed by atoms with Crippen LogP contribution < -0.4 is 5.32 Å². The maximum Gasteiger partial charge on any atom is 0.254 e. The van der Waals surface area contributed by atoms with Crippen LogP contribution in [0.3, 0.4) is 0 Å². The van der Waals surface area contributed by atoms with Crippen LogP contribution in [-0.4, -0.2) is 21.7 Å². The molecule has 5 nitrogen and oxygen atoms in total. The number of nitrogens with zero attached hydrogens (tertiary/aromatic N) is 2. The molecule has 0 fully saturated rings. The Balaban J connectivity index is 1.73. The first-order chi connectivity index (χ1) is 10.1. The van der Waals surface area contributed by atoms with Crippen LogP contribution in [0.15, 0.2) is 42.6 Å². The molecule has 1 aromatic carbocycles. The van der Waals surface area contributed by atoms with E-state index in [2.05, 4.69) is 10.3 Å². The van der Waals surface area contributed by atoms with Crippen molar-refractivity contribution < 1.29 is 9.59 Å². The lowest BCUT2D eigenvalue weighted by Gasteiger charge is -2.15. The molecule has 0 radical (unpaired) electrons. The molecule has 5 heteroatoms. The maximum absolute atomic E-state index is 12.5. The molecular formula is C16H15N3O2. The number of fused-ring (bicyclic) bond motifs is 1. The van der Waals surface area contributed by atoms with Gasteiger partial charge in [-0.15, -0.1) is 0 Å². The number of carbonyl (C=O) groups excluding carboxylic acids is 2. The number of anilines is 1. The third kappa shape index (κ3) is 2.76. The lowest BCUT2D eigenvalue weighted by Crippen LogP contribution is -2.25. The van der Waals surface area contributed by atoms with E-state index in [0.29, 0.717) is 24.3 Å². The first-order valence-corrected chi connectivity index (χ1v) is 6.73. The number of nitrogens with one attached hydrogen (secondary N) is 1. The summed E-state index contributed by atoms with van der Waals surface area (Å²) in [4.78, 5) is 29.5. The highest BCUT2D eigenvalue weighted by Gasteiger charge is 2.24. The second-order valence-electron chi connectivity index (χ2n) is 5.03. The van der Waals surface area contributed by atoms with Gasteiger partial charge in [-0.2, -0.15) is 0 Å². The van der Waals surface area contributed by atoms with E-state index in [0.717, 1.165) is 11.3 Å². The smallest absolute Gasteiger partial charge is 0.254 e. The molecule has 2 aromatic rings. The van der Waals surface area contributed by atoms with Gasteiger partial charge in [-0.1, -0.05) is 6.07 Å². The minimum Gasteiger partial charge on any atom is -0.328 e. The van der Waals surface area contributed by atoms with Crippen molar-refractivity contribution >= 4 is 17.5 Å². The molecule has 0 atom stereocenters. The normalized spacial score (nSPS) is 12.9. The van der Waals surface area contributed by atoms with Gasteiger partial charge in [-0.05, 0) is 35.9 Å². The van der Waals surface area contributed by atoms with Crippen LogP contribution in [0, 0.1) is 0 Å². The number of carbonyl (C=O) groups is 2. The van der Waals surface area contributed by atoms with E-state index in [4.69, 9.17) is 0 Å². The molecular weight excluding hydrogens is 266 g/mol. The first-order valence-electron chi connectivity index (χ1n) is 6.73. The Morgan fingerprint density at radius 2 is 1.90 bits per heavy atom. The summed E-state index contributed by atoms with van der Waals surface area (Å²) in [6, 6.07) is 10.8. The minimum atomic E-state index is -0.129. The topological polar surface area (TPSA) is 62.3 Å². The molecule has 2 heterocycles. The molecule has 2 amide bonds. The van der Waals surface area contributed by atoms with Crippen molar-refractivity contribution in [3.05, 3.63) is 59.4 Å². The molecule has 1 N–H and O–H groups in total. The highest BCUT2D eigenvalue weighted by Crippen LogP contribution is 2.22. The van der Waals surface area contributed by atoms with Gasteiger partial charge in [-0.3, -0.25) is 14.6 Å². The number of hydrogen-bond donors (Lipinski definition) is 1. The van der Waals surface area contributed by atoms with Gasteiger partial charge in [0.15, 0.2) is 0 Å². The van der Waals surface area contributed by atoms with Crippen molar-refractivity contribution in [2.75, 3.05) is 5.32 Å². The Labute approximate surface area is 122 Å². The SMILES string of the molecule is CC(=O)Nc1ccc(C(=O)N2Cc3cccnc3C2)cc1. The molecule has 3 rings (SSSR count). The second kappa shape index (κ2) is 5.36. The lowest BCUT2D eigenvalue weighted by molar-refractivity contribution is -0.114. The number of pyridine rings is 1. The maximum atomic E-state index is 12.5. The number of rotatable bonds is 2. The summed E-state index contributed by atoms with van der Waals surface area (Å²) in [5, 5.41) is 2.68. The van der Waals surface area contributed by atoms with Crippen molar-refractivity contribution in [3.8, 4) is 0 Å². The van der Waals surface area contributed by atoms with Crippen LogP contribution in [0.5, 0.6) is 0 Å². The predicted molar refractivity (Wildman–Crippen MR) is 78.6 cm³/mol. The third-order valence-corrected chi connectivity index (χ3v) is 3.43. The summed E-state index contributed by atoms with van der Waals surface area (Å²) < 4.78 is 0. The number of benzene rings is 1. The zero-order valence-electron chi connectivity index (χ0n) is 11.7. The van der Waals surface area contributed by atoms with E-state index in [9.17, 15) is 9.59 Å². The van der Waals surface area contributed by atoms with Crippen LogP contribution in [0.4, 0.5) is 5.69 Å². The largest absolute Gasteiger partial charge is 0.328 e. The summed E-state index contributed by atoms with van der Waals surface area (Å²) >= 11 is 0. The summed E-state index contributed by atoms with van der Waals surface area (Å²) in [6.45, 7) is 2.59. The van der Waals surface area contributed by atoms with E-state index in [1.807, 2.05) is 12.1 Å². The van der Waals surface area contributed by atoms with Crippen molar-refractivity contribution in [3.63, 3.8) is 0 Å². The standard InChI is InChI=1S/C16H15N3O2/c1-11(20)18-14-6-4-12(5-7-14)16(21)19-9-13-3-2-8-17-15(13)10-19/h2-8H,9-10H2,1H3,(H,18,20). The number of aromatic nitrogens is 1. The van der Waals surface area contributed by atoms with Crippen molar-refractivity contribution in [2.45, 2.75) is 20.0 Å². The fourth-order valence-electron chi connectivity index (χ4n) is 2.43. The summed E-state index contributed by atoms with van der Waals surface area (Å²) in [6.07, 6.45) is 1.75. The van der Waals surface area contributed by atoms with Crippen molar-refractivity contribution in [1.29, 1.82) is 0 Å². The van der Waals surface area contributed by atoms with E-state index < -0.39 is 0 Å². The number of amides is 2. The molecule has 0 aliphatic carbocycles. The quantitative estimate of drug-likeness (QED) is 0.918. The van der Waals surface area contributed by atoms with E-state index in [1.54, 1.807) is 35.4 Å². The second-order valence-corrected chi connectivity index (χ2v) is 5.03. The molecule has 0 bridgehead atoms. The first kappa shape index (κ1) is 13.3. The molecule has 1 aliphatic rings. The highest BCUT2D eigenvalue weighted by atomic mass is 16.2. The van der Waals surface area contributed by atoms with Gasteiger partial charge >= 0.3 is 0 Å². The van der Waals surface area contributed by atoms with Crippen LogP contribution in [0.25, 0.3) is 0 Å².